The number of urea groups is 1. The number of hydrazine groups is 1. The van der Waals surface area contributed by atoms with Crippen LogP contribution in [-0.2, 0) is 15.1 Å². The average molecular weight is 500 g/mol. The van der Waals surface area contributed by atoms with Crippen LogP contribution in [0.3, 0.4) is 0 Å². The highest BCUT2D eigenvalue weighted by molar-refractivity contribution is 7.18. The summed E-state index contributed by atoms with van der Waals surface area (Å²) in [6.07, 6.45) is 0. The minimum Gasteiger partial charge on any atom is -0.314 e. The summed E-state index contributed by atoms with van der Waals surface area (Å²) in [5.74, 6) is -1.05. The van der Waals surface area contributed by atoms with Gasteiger partial charge in [0.2, 0.25) is 0 Å². The van der Waals surface area contributed by atoms with E-state index < -0.39 is 23.4 Å². The Morgan fingerprint density at radius 3 is 2.19 bits per heavy atom. The molecule has 0 saturated carbocycles. The third-order valence-corrected chi connectivity index (χ3v) is 7.60. The number of thiazole rings is 1. The van der Waals surface area contributed by atoms with E-state index in [0.717, 1.165) is 20.2 Å². The molecule has 8 nitrogen and oxygen atoms in total. The van der Waals surface area contributed by atoms with Gasteiger partial charge in [-0.15, -0.1) is 11.3 Å². The smallest absolute Gasteiger partial charge is 0.314 e. The zero-order chi connectivity index (χ0) is 25.3. The number of fused-ring (bicyclic) bond motifs is 1. The molecule has 5 rings (SSSR count). The summed E-state index contributed by atoms with van der Waals surface area (Å²) in [7, 11) is 1.81. The van der Waals surface area contributed by atoms with Gasteiger partial charge in [-0.3, -0.25) is 19.9 Å². The van der Waals surface area contributed by atoms with Crippen LogP contribution < -0.4 is 10.7 Å². The van der Waals surface area contributed by atoms with E-state index in [-0.39, 0.29) is 12.6 Å². The Balaban J connectivity index is 1.34. The summed E-state index contributed by atoms with van der Waals surface area (Å²) in [6.45, 7) is 1.94. The largest absolute Gasteiger partial charge is 0.344 e. The minimum absolute atomic E-state index is 0.0299. The lowest BCUT2D eigenvalue weighted by molar-refractivity contribution is -0.138. The van der Waals surface area contributed by atoms with Crippen molar-refractivity contribution in [1.29, 1.82) is 0 Å². The van der Waals surface area contributed by atoms with Crippen molar-refractivity contribution in [1.82, 2.24) is 25.6 Å². The van der Waals surface area contributed by atoms with Gasteiger partial charge in [-0.05, 0) is 37.2 Å². The van der Waals surface area contributed by atoms with Crippen LogP contribution in [0.2, 0.25) is 0 Å². The third kappa shape index (κ3) is 4.12. The van der Waals surface area contributed by atoms with Crippen molar-refractivity contribution < 1.29 is 14.4 Å². The molecular weight excluding hydrogens is 474 g/mol. The van der Waals surface area contributed by atoms with Gasteiger partial charge < -0.3 is 5.32 Å². The first-order valence-corrected chi connectivity index (χ1v) is 12.3. The number of rotatable bonds is 7. The maximum absolute atomic E-state index is 13.7. The van der Waals surface area contributed by atoms with Crippen LogP contribution in [-0.4, -0.2) is 46.3 Å². The predicted molar refractivity (Wildman–Crippen MR) is 138 cm³/mol. The highest BCUT2D eigenvalue weighted by atomic mass is 32.1. The Morgan fingerprint density at radius 2 is 1.58 bits per heavy atom. The molecule has 4 amide bonds. The fourth-order valence-corrected chi connectivity index (χ4v) is 5.43. The molecule has 182 valence electrons. The van der Waals surface area contributed by atoms with Gasteiger partial charge in [-0.25, -0.2) is 9.78 Å². The molecule has 2 heterocycles. The topological polar surface area (TPSA) is 94.6 Å². The molecule has 1 saturated heterocycles. The minimum atomic E-state index is -1.44. The molecule has 0 bridgehead atoms. The summed E-state index contributed by atoms with van der Waals surface area (Å²) in [4.78, 5) is 46.1. The summed E-state index contributed by atoms with van der Waals surface area (Å²) < 4.78 is 1.08. The zero-order valence-electron chi connectivity index (χ0n) is 19.8. The molecule has 9 heteroatoms. The quantitative estimate of drug-likeness (QED) is 0.377. The van der Waals surface area contributed by atoms with Crippen molar-refractivity contribution in [3.05, 3.63) is 101 Å². The highest BCUT2D eigenvalue weighted by Gasteiger charge is 2.54. The van der Waals surface area contributed by atoms with E-state index in [1.807, 2.05) is 48.2 Å². The number of carbonyl (C=O) groups excluding carboxylic acids is 3. The van der Waals surface area contributed by atoms with E-state index in [0.29, 0.717) is 11.1 Å². The molecule has 0 unspecified atom stereocenters. The van der Waals surface area contributed by atoms with E-state index in [1.165, 1.54) is 0 Å². The van der Waals surface area contributed by atoms with Gasteiger partial charge in [-0.2, -0.15) is 5.01 Å². The van der Waals surface area contributed by atoms with Gasteiger partial charge in [0.25, 0.3) is 11.8 Å². The molecule has 1 aliphatic rings. The van der Waals surface area contributed by atoms with Crippen molar-refractivity contribution in [2.45, 2.75) is 18.5 Å². The normalized spacial score (nSPS) is 15.8. The maximum Gasteiger partial charge on any atom is 0.344 e. The molecule has 36 heavy (non-hydrogen) atoms. The van der Waals surface area contributed by atoms with Gasteiger partial charge in [-0.1, -0.05) is 72.8 Å². The first-order valence-electron chi connectivity index (χ1n) is 11.5. The molecule has 0 aliphatic carbocycles. The van der Waals surface area contributed by atoms with Crippen LogP contribution >= 0.6 is 11.3 Å². The second-order valence-corrected chi connectivity index (χ2v) is 9.76. The molecule has 4 aromatic rings. The van der Waals surface area contributed by atoms with Crippen molar-refractivity contribution in [2.75, 3.05) is 13.6 Å². The number of amides is 4. The molecule has 2 N–H and O–H groups in total. The van der Waals surface area contributed by atoms with Crippen molar-refractivity contribution in [3.8, 4) is 0 Å². The number of benzene rings is 3. The van der Waals surface area contributed by atoms with Crippen molar-refractivity contribution in [3.63, 3.8) is 0 Å². The lowest BCUT2D eigenvalue weighted by atomic mass is 9.83. The van der Waals surface area contributed by atoms with Gasteiger partial charge in [0, 0.05) is 0 Å². The second-order valence-electron chi connectivity index (χ2n) is 8.70. The van der Waals surface area contributed by atoms with Crippen LogP contribution in [0.15, 0.2) is 84.9 Å². The Labute approximate surface area is 212 Å². The molecule has 1 aliphatic heterocycles. The number of nitrogens with one attached hydrogen (secondary N) is 2. The zero-order valence-corrected chi connectivity index (χ0v) is 20.7. The number of aromatic nitrogens is 1. The monoisotopic (exact) mass is 499 g/mol. The third-order valence-electron chi connectivity index (χ3n) is 6.39. The summed E-state index contributed by atoms with van der Waals surface area (Å²) in [5.41, 5.74) is 3.20. The molecule has 1 fully saturated rings. The fourth-order valence-electron chi connectivity index (χ4n) is 4.35. The summed E-state index contributed by atoms with van der Waals surface area (Å²) in [6, 6.07) is 25.1. The van der Waals surface area contributed by atoms with E-state index in [4.69, 9.17) is 0 Å². The van der Waals surface area contributed by atoms with E-state index in [1.54, 1.807) is 66.9 Å². The maximum atomic E-state index is 13.7. The molecular formula is C27H25N5O3S. The number of hydrogen-bond acceptors (Lipinski definition) is 6. The highest BCUT2D eigenvalue weighted by Crippen LogP contribution is 2.35. The standard InChI is InChI=1S/C27H25N5O3S/c1-18(24-28-21-15-9-10-16-22(21)36-24)31(2)17-23(33)30-32-25(34)27(29-26(32)35,19-11-5-3-6-12-19)20-13-7-4-8-14-20/h3-16,18H,17H2,1-2H3,(H,29,35)(H,30,33)/t18-/m0/s1. The number of hydrogen-bond donors (Lipinski definition) is 2. The van der Waals surface area contributed by atoms with Gasteiger partial charge in [0.05, 0.1) is 22.8 Å². The molecule has 0 radical (unpaired) electrons. The van der Waals surface area contributed by atoms with E-state index >= 15 is 0 Å². The Kier molecular flexibility index (Phi) is 6.26. The van der Waals surface area contributed by atoms with E-state index in [9.17, 15) is 14.4 Å². The Bertz CT molecular complexity index is 1350. The lowest BCUT2D eigenvalue weighted by Gasteiger charge is -2.28. The summed E-state index contributed by atoms with van der Waals surface area (Å²) in [5, 5.41) is 4.48. The van der Waals surface area contributed by atoms with Gasteiger partial charge in [0.15, 0.2) is 5.54 Å². The number of imide groups is 1. The number of likely N-dealkylation sites (N-methyl/N-ethyl adjacent to an activating group) is 1. The van der Waals surface area contributed by atoms with Crippen LogP contribution in [0.4, 0.5) is 4.79 Å². The average Bonchev–Trinajstić information content (AvgIpc) is 3.44. The number of para-hydroxylation sites is 1. The first kappa shape index (κ1) is 23.7. The molecule has 3 aromatic carbocycles. The lowest BCUT2D eigenvalue weighted by Crippen LogP contribution is -2.51. The SMILES string of the molecule is C[C@@H](c1nc2ccccc2s1)N(C)CC(=O)NN1C(=O)NC(c2ccccc2)(c2ccccc2)C1=O. The van der Waals surface area contributed by atoms with Gasteiger partial charge in [0.1, 0.15) is 5.01 Å². The molecule has 1 aromatic heterocycles. The van der Waals surface area contributed by atoms with Crippen LogP contribution in [0.1, 0.15) is 29.1 Å². The number of carbonyl (C=O) groups is 3. The first-order chi connectivity index (χ1) is 17.4. The fraction of sp³-hybridized carbons (Fsp3) is 0.185. The molecule has 1 atom stereocenters. The van der Waals surface area contributed by atoms with Crippen LogP contribution in [0, 0.1) is 0 Å². The number of nitrogens with zero attached hydrogens (tertiary/aromatic N) is 3. The predicted octanol–water partition coefficient (Wildman–Crippen LogP) is 3.82. The second kappa shape index (κ2) is 9.52. The Hall–Kier alpha value is -4.08. The van der Waals surface area contributed by atoms with Crippen molar-refractivity contribution in [2.24, 2.45) is 0 Å². The van der Waals surface area contributed by atoms with Crippen LogP contribution in [0.5, 0.6) is 0 Å². The Morgan fingerprint density at radius 1 is 1.00 bits per heavy atom. The van der Waals surface area contributed by atoms with Crippen LogP contribution in [0.25, 0.3) is 10.2 Å². The van der Waals surface area contributed by atoms with E-state index in [2.05, 4.69) is 15.7 Å². The summed E-state index contributed by atoms with van der Waals surface area (Å²) >= 11 is 1.58. The van der Waals surface area contributed by atoms with Crippen molar-refractivity contribution >= 4 is 39.4 Å². The molecule has 0 spiro atoms. The van der Waals surface area contributed by atoms with Gasteiger partial charge >= 0.3 is 6.03 Å².